The number of fused-ring (bicyclic) bond motifs is 3. The van der Waals surface area contributed by atoms with Crippen LogP contribution in [0.3, 0.4) is 0 Å². The summed E-state index contributed by atoms with van der Waals surface area (Å²) in [6.07, 6.45) is 1.68. The number of hydrogen-bond donors (Lipinski definition) is 1. The fourth-order valence-electron chi connectivity index (χ4n) is 3.17. The Bertz CT molecular complexity index is 1020. The molecule has 6 heteroatoms. The molecule has 0 saturated carbocycles. The molecule has 2 aromatic carbocycles. The van der Waals surface area contributed by atoms with Crippen molar-refractivity contribution < 1.29 is 4.79 Å². The number of nitrogens with zero attached hydrogens (tertiary/aromatic N) is 3. The molecule has 0 aliphatic carbocycles. The molecule has 1 N–H and O–H groups in total. The number of hydrogen-bond acceptors (Lipinski definition) is 3. The zero-order valence-corrected chi connectivity index (χ0v) is 15.0. The number of imidazole rings is 1. The van der Waals surface area contributed by atoms with Crippen molar-refractivity contribution >= 4 is 23.2 Å². The van der Waals surface area contributed by atoms with Crippen LogP contribution in [0.5, 0.6) is 0 Å². The molecule has 0 unspecified atom stereocenters. The third kappa shape index (κ3) is 2.70. The highest BCUT2D eigenvalue weighted by Crippen LogP contribution is 2.28. The van der Waals surface area contributed by atoms with Gasteiger partial charge in [0.05, 0.1) is 23.6 Å². The number of nitrogens with one attached hydrogen (secondary N) is 1. The van der Waals surface area contributed by atoms with Gasteiger partial charge in [-0.1, -0.05) is 48.0 Å². The van der Waals surface area contributed by atoms with E-state index in [4.69, 9.17) is 16.6 Å². The summed E-state index contributed by atoms with van der Waals surface area (Å²) in [5, 5.41) is 3.46. The molecule has 1 aromatic heterocycles. The van der Waals surface area contributed by atoms with Gasteiger partial charge in [0.2, 0.25) is 0 Å². The predicted octanol–water partition coefficient (Wildman–Crippen LogP) is 3.63. The molecule has 4 rings (SSSR count). The van der Waals surface area contributed by atoms with Crippen LogP contribution in [-0.4, -0.2) is 27.7 Å². The lowest BCUT2D eigenvalue weighted by molar-refractivity contribution is 0.0950. The number of para-hydroxylation sites is 1. The lowest BCUT2D eigenvalue weighted by atomic mass is 10.0. The van der Waals surface area contributed by atoms with E-state index in [0.29, 0.717) is 23.8 Å². The van der Waals surface area contributed by atoms with Gasteiger partial charge in [-0.15, -0.1) is 0 Å². The van der Waals surface area contributed by atoms with Gasteiger partial charge in [-0.3, -0.25) is 14.4 Å². The number of carbonyl (C=O) groups is 1. The second-order valence-electron chi connectivity index (χ2n) is 5.93. The number of carbonyl (C=O) groups excluding carboxylic acids is 1. The van der Waals surface area contributed by atoms with Crippen LogP contribution in [-0.2, 0) is 6.54 Å². The fraction of sp³-hybridized carbons (Fsp3) is 0.150. The Balaban J connectivity index is 1.91. The fourth-order valence-corrected chi connectivity index (χ4v) is 3.40. The van der Waals surface area contributed by atoms with Crippen LogP contribution in [0.1, 0.15) is 34.2 Å². The van der Waals surface area contributed by atoms with Crippen LogP contribution in [0, 0.1) is 0 Å². The molecule has 3 aromatic rings. The van der Waals surface area contributed by atoms with Crippen molar-refractivity contribution in [1.29, 1.82) is 0 Å². The Morgan fingerprint density at radius 3 is 2.65 bits per heavy atom. The van der Waals surface area contributed by atoms with Gasteiger partial charge >= 0.3 is 0 Å². The first-order chi connectivity index (χ1) is 12.7. The van der Waals surface area contributed by atoms with E-state index < -0.39 is 0 Å². The van der Waals surface area contributed by atoms with Gasteiger partial charge in [0.15, 0.2) is 5.69 Å². The molecule has 0 radical (unpaired) electrons. The Kier molecular flexibility index (Phi) is 4.31. The van der Waals surface area contributed by atoms with Crippen molar-refractivity contribution in [1.82, 2.24) is 14.9 Å². The maximum absolute atomic E-state index is 12.4. The molecule has 0 saturated heterocycles. The number of benzene rings is 2. The molecule has 0 atom stereocenters. The van der Waals surface area contributed by atoms with E-state index in [2.05, 4.69) is 10.3 Å². The predicted molar refractivity (Wildman–Crippen MR) is 102 cm³/mol. The number of halogens is 1. The molecule has 0 bridgehead atoms. The summed E-state index contributed by atoms with van der Waals surface area (Å²) >= 11 is 6.42. The molecule has 1 aliphatic rings. The molecule has 2 heterocycles. The summed E-state index contributed by atoms with van der Waals surface area (Å²) in [7, 11) is 0. The largest absolute Gasteiger partial charge is 0.351 e. The lowest BCUT2D eigenvalue weighted by Gasteiger charge is -2.12. The monoisotopic (exact) mass is 364 g/mol. The highest BCUT2D eigenvalue weighted by Gasteiger charge is 2.24. The minimum atomic E-state index is -0.185. The summed E-state index contributed by atoms with van der Waals surface area (Å²) in [6, 6.07) is 15.6. The normalized spacial score (nSPS) is 12.6. The summed E-state index contributed by atoms with van der Waals surface area (Å²) in [5.41, 5.74) is 4.76. The van der Waals surface area contributed by atoms with E-state index in [1.54, 1.807) is 6.33 Å². The smallest absolute Gasteiger partial charge is 0.271 e. The molecule has 1 aliphatic heterocycles. The average Bonchev–Trinajstić information content (AvgIpc) is 3.01. The van der Waals surface area contributed by atoms with E-state index in [9.17, 15) is 4.79 Å². The van der Waals surface area contributed by atoms with Crippen molar-refractivity contribution in [2.45, 2.75) is 13.5 Å². The second kappa shape index (κ2) is 6.77. The third-order valence-electron chi connectivity index (χ3n) is 4.35. The van der Waals surface area contributed by atoms with Gasteiger partial charge in [-0.2, -0.15) is 0 Å². The molecule has 26 heavy (non-hydrogen) atoms. The van der Waals surface area contributed by atoms with E-state index in [1.165, 1.54) is 0 Å². The molecular weight excluding hydrogens is 348 g/mol. The highest BCUT2D eigenvalue weighted by molar-refractivity contribution is 6.35. The number of rotatable bonds is 3. The molecule has 5 nitrogen and oxygen atoms in total. The topological polar surface area (TPSA) is 59.3 Å². The van der Waals surface area contributed by atoms with Crippen LogP contribution < -0.4 is 5.32 Å². The number of aromatic nitrogens is 2. The van der Waals surface area contributed by atoms with E-state index in [0.717, 1.165) is 28.2 Å². The number of amides is 1. The van der Waals surface area contributed by atoms with Gasteiger partial charge < -0.3 is 5.32 Å². The van der Waals surface area contributed by atoms with Crippen LogP contribution in [0.25, 0.3) is 5.69 Å². The van der Waals surface area contributed by atoms with Gasteiger partial charge in [-0.25, -0.2) is 4.98 Å². The minimum absolute atomic E-state index is 0.185. The minimum Gasteiger partial charge on any atom is -0.351 e. The summed E-state index contributed by atoms with van der Waals surface area (Å²) in [4.78, 5) is 21.5. The number of aliphatic imine (C=N–C) groups is 1. The van der Waals surface area contributed by atoms with Crippen molar-refractivity contribution in [2.75, 3.05) is 6.54 Å². The zero-order valence-electron chi connectivity index (χ0n) is 14.2. The standard InChI is InChI=1S/C20H17ClN4O/c1-2-22-20(26)19-17-11-23-18(13-7-3-5-9-15(13)21)14-8-4-6-10-16(14)25(17)12-24-19/h3-10,12H,2,11H2,1H3,(H,22,26). The molecule has 1 amide bonds. The van der Waals surface area contributed by atoms with Crippen LogP contribution in [0.2, 0.25) is 5.02 Å². The van der Waals surface area contributed by atoms with Crippen LogP contribution in [0.15, 0.2) is 59.9 Å². The van der Waals surface area contributed by atoms with E-state index in [1.807, 2.05) is 60.0 Å². The van der Waals surface area contributed by atoms with Crippen LogP contribution >= 0.6 is 11.6 Å². The summed E-state index contributed by atoms with van der Waals surface area (Å²) in [5.74, 6) is -0.185. The maximum atomic E-state index is 12.4. The van der Waals surface area contributed by atoms with E-state index in [-0.39, 0.29) is 5.91 Å². The second-order valence-corrected chi connectivity index (χ2v) is 6.34. The molecule has 130 valence electrons. The third-order valence-corrected chi connectivity index (χ3v) is 4.68. The Morgan fingerprint density at radius 1 is 1.15 bits per heavy atom. The van der Waals surface area contributed by atoms with Gasteiger partial charge in [0.25, 0.3) is 5.91 Å². The zero-order chi connectivity index (χ0) is 18.1. The highest BCUT2D eigenvalue weighted by atomic mass is 35.5. The van der Waals surface area contributed by atoms with Crippen molar-refractivity contribution in [2.24, 2.45) is 4.99 Å². The average molecular weight is 365 g/mol. The Hall–Kier alpha value is -2.92. The summed E-state index contributed by atoms with van der Waals surface area (Å²) < 4.78 is 1.94. The van der Waals surface area contributed by atoms with Crippen molar-refractivity contribution in [3.63, 3.8) is 0 Å². The van der Waals surface area contributed by atoms with Crippen molar-refractivity contribution in [3.05, 3.63) is 82.4 Å². The molecular formula is C20H17ClN4O. The molecule has 0 fully saturated rings. The first-order valence-corrected chi connectivity index (χ1v) is 8.82. The molecule has 0 spiro atoms. The lowest BCUT2D eigenvalue weighted by Crippen LogP contribution is -2.24. The Labute approximate surface area is 156 Å². The van der Waals surface area contributed by atoms with E-state index >= 15 is 0 Å². The first-order valence-electron chi connectivity index (χ1n) is 8.44. The maximum Gasteiger partial charge on any atom is 0.271 e. The quantitative estimate of drug-likeness (QED) is 0.771. The van der Waals surface area contributed by atoms with Gasteiger partial charge in [0, 0.05) is 22.7 Å². The van der Waals surface area contributed by atoms with Crippen molar-refractivity contribution in [3.8, 4) is 5.69 Å². The Morgan fingerprint density at radius 2 is 1.88 bits per heavy atom. The summed E-state index contributed by atoms with van der Waals surface area (Å²) in [6.45, 7) is 2.78. The first kappa shape index (κ1) is 16.5. The van der Waals surface area contributed by atoms with Gasteiger partial charge in [-0.05, 0) is 19.1 Å². The SMILES string of the molecule is CCNC(=O)c1ncn2c1CN=C(c1ccccc1Cl)c1ccccc1-2. The van der Waals surface area contributed by atoms with Crippen LogP contribution in [0.4, 0.5) is 0 Å². The van der Waals surface area contributed by atoms with Gasteiger partial charge in [0.1, 0.15) is 6.33 Å².